The minimum absolute atomic E-state index is 0.0598. The molecular weight excluding hydrogens is 735 g/mol. The van der Waals surface area contributed by atoms with Gasteiger partial charge in [0.05, 0.1) is 34.6 Å². The number of nitrogens with one attached hydrogen (secondary N) is 1. The maximum absolute atomic E-state index is 15.5. The zero-order valence-corrected chi connectivity index (χ0v) is 30.3. The molecule has 3 atom stereocenters. The lowest BCUT2D eigenvalue weighted by Gasteiger charge is -2.38. The molecule has 2 N–H and O–H groups in total. The van der Waals surface area contributed by atoms with Gasteiger partial charge in [-0.25, -0.2) is 22.9 Å². The number of aliphatic imine (C=N–C) groups is 1. The van der Waals surface area contributed by atoms with E-state index in [0.29, 0.717) is 44.5 Å². The van der Waals surface area contributed by atoms with Crippen molar-refractivity contribution in [1.29, 1.82) is 5.26 Å². The Balaban J connectivity index is 1.36. The number of halogens is 4. The number of likely N-dealkylation sites (N-methyl/N-ethyl adjacent to an activating group) is 1. The van der Waals surface area contributed by atoms with Gasteiger partial charge >= 0.3 is 12.1 Å². The summed E-state index contributed by atoms with van der Waals surface area (Å²) in [6.07, 6.45) is 1.66. The smallest absolute Gasteiger partial charge is 0.411 e. The quantitative estimate of drug-likeness (QED) is 0.0851. The molecule has 0 fully saturated rings. The van der Waals surface area contributed by atoms with Crippen molar-refractivity contribution in [2.75, 3.05) is 45.7 Å². The highest BCUT2D eigenvalue weighted by atomic mass is 35.5. The molecule has 4 aromatic rings. The lowest BCUT2D eigenvalue weighted by Crippen LogP contribution is -2.54. The Morgan fingerprint density at radius 1 is 1.09 bits per heavy atom. The van der Waals surface area contributed by atoms with Gasteiger partial charge in [0, 0.05) is 39.1 Å². The number of anilines is 1. The topological polar surface area (TPSA) is 150 Å². The number of aliphatic hydroxyl groups is 1. The molecule has 1 aromatic heterocycles. The van der Waals surface area contributed by atoms with Gasteiger partial charge in [0.1, 0.15) is 32.1 Å². The van der Waals surface area contributed by atoms with Gasteiger partial charge in [0.25, 0.3) is 0 Å². The van der Waals surface area contributed by atoms with E-state index in [9.17, 15) is 23.5 Å². The number of carbonyl (C=O) groups excluding carboxylic acids is 2. The third kappa shape index (κ3) is 9.44. The van der Waals surface area contributed by atoms with Gasteiger partial charge in [0.15, 0.2) is 23.6 Å². The van der Waals surface area contributed by atoms with Crippen molar-refractivity contribution >= 4 is 53.4 Å². The van der Waals surface area contributed by atoms with Gasteiger partial charge in [0.2, 0.25) is 6.34 Å². The van der Waals surface area contributed by atoms with E-state index < -0.39 is 57.7 Å². The molecule has 5 rings (SSSR count). The molecule has 0 spiro atoms. The third-order valence-corrected chi connectivity index (χ3v) is 9.66. The molecule has 1 amide bonds. The molecule has 53 heavy (non-hydrogen) atoms. The second kappa shape index (κ2) is 16.7. The number of benzene rings is 3. The fraction of sp³-hybridized carbons (Fsp3) is 0.278. The highest BCUT2D eigenvalue weighted by Crippen LogP contribution is 2.43. The lowest BCUT2D eigenvalue weighted by molar-refractivity contribution is -0.848. The number of esters is 1. The average molecular weight is 769 g/mol. The van der Waals surface area contributed by atoms with E-state index >= 15 is 4.39 Å². The van der Waals surface area contributed by atoms with E-state index in [-0.39, 0.29) is 32.0 Å². The predicted octanol–water partition coefficient (Wildman–Crippen LogP) is 6.40. The average Bonchev–Trinajstić information content (AvgIpc) is 3.79. The van der Waals surface area contributed by atoms with Crippen LogP contribution >= 0.6 is 22.9 Å². The first-order valence-electron chi connectivity index (χ1n) is 16.0. The molecule has 276 valence electrons. The Labute approximate surface area is 312 Å². The minimum atomic E-state index is -2.27. The molecule has 2 heterocycles. The standard InChI is InChI=1S/C36H33ClF3N7O5S/c1-22(34-44-32(18-53-34)24-6-4-23(15-41)5-7-24)36(50,27-13-29(39)30(40)14-28(27)38)19-47(21-42-20-43-47)10-11-51-35(49)45-31-12-26(37)9-8-25(31)17-52-33(48)16-46(2)3/h4-9,12-14,18,20-22,50H,10-11,16-17,19H2,1-3H3/p+1/t22-,36+,47?/m0/s1. The second-order valence-corrected chi connectivity index (χ2v) is 13.8. The molecule has 3 aromatic carbocycles. The van der Waals surface area contributed by atoms with Crippen LogP contribution in [-0.2, 0) is 26.5 Å². The first-order chi connectivity index (χ1) is 25.2. The number of nitriles is 1. The van der Waals surface area contributed by atoms with Gasteiger partial charge in [-0.3, -0.25) is 15.0 Å². The van der Waals surface area contributed by atoms with Crippen LogP contribution in [0, 0.1) is 28.8 Å². The normalized spacial score (nSPS) is 16.6. The maximum Gasteiger partial charge on any atom is 0.411 e. The number of aromatic nitrogens is 1. The fourth-order valence-electron chi connectivity index (χ4n) is 5.55. The van der Waals surface area contributed by atoms with Gasteiger partial charge in [-0.1, -0.05) is 41.8 Å². The molecule has 1 aliphatic rings. The zero-order chi connectivity index (χ0) is 38.3. The summed E-state index contributed by atoms with van der Waals surface area (Å²) in [6.45, 7) is 0.615. The Morgan fingerprint density at radius 2 is 1.83 bits per heavy atom. The first kappa shape index (κ1) is 39.0. The number of hydrogen-bond acceptors (Lipinski definition) is 11. The van der Waals surface area contributed by atoms with Crippen molar-refractivity contribution in [3.8, 4) is 17.3 Å². The summed E-state index contributed by atoms with van der Waals surface area (Å²) >= 11 is 7.31. The molecule has 1 unspecified atom stereocenters. The number of carbonyl (C=O) groups is 2. The highest BCUT2D eigenvalue weighted by molar-refractivity contribution is 7.10. The number of ether oxygens (including phenoxy) is 2. The van der Waals surface area contributed by atoms with Crippen LogP contribution in [0.2, 0.25) is 5.02 Å². The lowest BCUT2D eigenvalue weighted by atomic mass is 9.81. The molecule has 0 bridgehead atoms. The summed E-state index contributed by atoms with van der Waals surface area (Å²) in [5.41, 5.74) is -0.448. The summed E-state index contributed by atoms with van der Waals surface area (Å²) in [7, 11) is 3.44. The fourth-order valence-corrected chi connectivity index (χ4v) is 6.70. The molecule has 0 aliphatic carbocycles. The number of nitrogens with zero attached hydrogens (tertiary/aromatic N) is 6. The van der Waals surface area contributed by atoms with Crippen molar-refractivity contribution < 1.29 is 41.9 Å². The van der Waals surface area contributed by atoms with Crippen molar-refractivity contribution in [1.82, 2.24) is 9.88 Å². The number of amides is 1. The van der Waals surface area contributed by atoms with Gasteiger partial charge in [-0.05, 0) is 44.4 Å². The van der Waals surface area contributed by atoms with Crippen LogP contribution in [0.5, 0.6) is 0 Å². The van der Waals surface area contributed by atoms with Crippen LogP contribution in [0.15, 0.2) is 70.1 Å². The van der Waals surface area contributed by atoms with Crippen molar-refractivity contribution in [3.63, 3.8) is 0 Å². The van der Waals surface area contributed by atoms with Crippen molar-refractivity contribution in [2.24, 2.45) is 10.1 Å². The van der Waals surface area contributed by atoms with E-state index in [1.165, 1.54) is 18.7 Å². The molecule has 0 saturated heterocycles. The highest BCUT2D eigenvalue weighted by Gasteiger charge is 2.49. The van der Waals surface area contributed by atoms with Gasteiger partial charge in [-0.15, -0.1) is 15.9 Å². The Kier molecular flexibility index (Phi) is 12.3. The largest absolute Gasteiger partial charge is 0.460 e. The molecule has 0 radical (unpaired) electrons. The van der Waals surface area contributed by atoms with E-state index in [1.807, 2.05) is 6.07 Å². The Morgan fingerprint density at radius 3 is 2.51 bits per heavy atom. The summed E-state index contributed by atoms with van der Waals surface area (Å²) < 4.78 is 54.5. The number of thiazole rings is 1. The van der Waals surface area contributed by atoms with Crippen LogP contribution in [-0.4, -0.2) is 84.7 Å². The van der Waals surface area contributed by atoms with Crippen LogP contribution in [0.3, 0.4) is 0 Å². The molecule has 1 aliphatic heterocycles. The third-order valence-electron chi connectivity index (χ3n) is 8.39. The molecular formula is C36H34ClF3N7O5S+. The first-order valence-corrected chi connectivity index (χ1v) is 17.3. The zero-order valence-electron chi connectivity index (χ0n) is 28.7. The Hall–Kier alpha value is -5.18. The van der Waals surface area contributed by atoms with Crippen LogP contribution in [0.1, 0.15) is 34.5 Å². The Bertz CT molecular complexity index is 2080. The van der Waals surface area contributed by atoms with Crippen LogP contribution in [0.4, 0.5) is 23.7 Å². The predicted molar refractivity (Wildman–Crippen MR) is 193 cm³/mol. The van der Waals surface area contributed by atoms with Gasteiger partial charge in [-0.2, -0.15) is 10.3 Å². The van der Waals surface area contributed by atoms with Crippen molar-refractivity contribution in [3.05, 3.63) is 104 Å². The molecule has 12 nitrogen and oxygen atoms in total. The molecule has 17 heteroatoms. The molecule has 0 saturated carbocycles. The van der Waals surface area contributed by atoms with Crippen molar-refractivity contribution in [2.45, 2.75) is 25.0 Å². The minimum Gasteiger partial charge on any atom is -0.460 e. The summed E-state index contributed by atoms with van der Waals surface area (Å²) in [4.78, 5) is 35.4. The van der Waals surface area contributed by atoms with Gasteiger partial charge < -0.3 is 14.6 Å². The van der Waals surface area contributed by atoms with Crippen LogP contribution in [0.25, 0.3) is 11.3 Å². The van der Waals surface area contributed by atoms with E-state index in [0.717, 1.165) is 11.3 Å². The van der Waals surface area contributed by atoms with E-state index in [4.69, 9.17) is 26.3 Å². The SMILES string of the molecule is C[C@@H](c1nc(-c2ccc(C#N)cc2)cs1)[C@](O)(C[N+]1(CCOC(=O)Nc2cc(Cl)ccc2COC(=O)CN(C)C)C=NC=N1)c1cc(F)c(F)cc1F. The van der Waals surface area contributed by atoms with E-state index in [1.54, 1.807) is 67.7 Å². The summed E-state index contributed by atoms with van der Waals surface area (Å²) in [6, 6.07) is 14.3. The number of rotatable bonds is 14. The summed E-state index contributed by atoms with van der Waals surface area (Å²) in [5.74, 6) is -5.49. The number of hydrogen-bond donors (Lipinski definition) is 2. The monoisotopic (exact) mass is 768 g/mol. The van der Waals surface area contributed by atoms with Crippen LogP contribution < -0.4 is 5.32 Å². The van der Waals surface area contributed by atoms with E-state index in [2.05, 4.69) is 20.4 Å². The summed E-state index contributed by atoms with van der Waals surface area (Å²) in [5, 5.41) is 30.9. The maximum atomic E-state index is 15.5. The number of quaternary nitrogens is 1. The second-order valence-electron chi connectivity index (χ2n) is 12.5.